The van der Waals surface area contributed by atoms with Crippen LogP contribution in [0.4, 0.5) is 0 Å². The number of likely N-dealkylation sites (tertiary alicyclic amines) is 1. The molecule has 5 nitrogen and oxygen atoms in total. The first kappa shape index (κ1) is 27.8. The molecule has 1 saturated heterocycles. The number of hydrogen-bond acceptors (Lipinski definition) is 4. The molecule has 0 aliphatic carbocycles. The van der Waals surface area contributed by atoms with Crippen molar-refractivity contribution >= 4 is 17.7 Å². The maximum absolute atomic E-state index is 14.1. The van der Waals surface area contributed by atoms with E-state index in [9.17, 15) is 19.5 Å². The number of carbonyl (C=O) groups excluding carboxylic acids is 3. The lowest BCUT2D eigenvalue weighted by Gasteiger charge is -2.52. The molecule has 1 amide bonds. The third-order valence-corrected chi connectivity index (χ3v) is 7.83. The zero-order valence-corrected chi connectivity index (χ0v) is 22.2. The van der Waals surface area contributed by atoms with Crippen LogP contribution in [0, 0.1) is 5.41 Å². The summed E-state index contributed by atoms with van der Waals surface area (Å²) in [6.45, 7) is 7.60. The first-order valence-electron chi connectivity index (χ1n) is 13.4. The Morgan fingerprint density at radius 3 is 2.14 bits per heavy atom. The number of ketones is 1. The zero-order chi connectivity index (χ0) is 26.3. The molecule has 1 heterocycles. The van der Waals surface area contributed by atoms with Gasteiger partial charge in [0, 0.05) is 24.7 Å². The van der Waals surface area contributed by atoms with Crippen LogP contribution in [0.1, 0.15) is 83.3 Å². The van der Waals surface area contributed by atoms with Crippen LogP contribution in [0.2, 0.25) is 0 Å². The van der Waals surface area contributed by atoms with Gasteiger partial charge >= 0.3 is 5.91 Å². The van der Waals surface area contributed by atoms with E-state index in [2.05, 4.69) is 19.1 Å². The van der Waals surface area contributed by atoms with Crippen molar-refractivity contribution in [3.8, 4) is 0 Å². The van der Waals surface area contributed by atoms with Crippen LogP contribution in [0.15, 0.2) is 60.7 Å². The summed E-state index contributed by atoms with van der Waals surface area (Å²) in [7, 11) is 0. The summed E-state index contributed by atoms with van der Waals surface area (Å²) < 4.78 is -0.301. The van der Waals surface area contributed by atoms with Crippen molar-refractivity contribution in [2.45, 2.75) is 90.6 Å². The number of carboxylic acids is 1. The standard InChI is InChI=1S/C31H41NO4/c1-5-13-26(19-12-16-23-14-8-6-9-15-23)32(29(34)28(33)31(2,3)4)21-20-25(22-27(32)30(35)36)24-17-10-7-11-18-24/h6-11,14-15,17-18,25-27H,5,12-13,16,19-22H2,1-4H3. The highest BCUT2D eigenvalue weighted by Crippen LogP contribution is 2.41. The highest BCUT2D eigenvalue weighted by molar-refractivity contribution is 6.35. The summed E-state index contributed by atoms with van der Waals surface area (Å²) in [5, 5.41) is 12.7. The number of amides is 1. The number of carboxylic acid groups (broad SMARTS) is 1. The Balaban J connectivity index is 2.00. The second-order valence-corrected chi connectivity index (χ2v) is 11.3. The van der Waals surface area contributed by atoms with Crippen LogP contribution in [0.25, 0.3) is 0 Å². The molecule has 194 valence electrons. The SMILES string of the molecule is CCCC(CCCc1ccccc1)[N+]1(C(=O)C(=O)C(C)(C)C)CCC(c2ccccc2)CC1C(=O)[O-]. The number of aryl methyl sites for hydroxylation is 1. The van der Waals surface area contributed by atoms with Gasteiger partial charge in [0.25, 0.3) is 5.78 Å². The Morgan fingerprint density at radius 1 is 0.972 bits per heavy atom. The zero-order valence-electron chi connectivity index (χ0n) is 22.2. The van der Waals surface area contributed by atoms with Crippen LogP contribution in [-0.2, 0) is 20.8 Å². The van der Waals surface area contributed by atoms with E-state index in [-0.39, 0.29) is 16.4 Å². The summed E-state index contributed by atoms with van der Waals surface area (Å²) in [5.74, 6) is -2.25. The van der Waals surface area contributed by atoms with Crippen LogP contribution in [0.5, 0.6) is 0 Å². The Morgan fingerprint density at radius 2 is 1.58 bits per heavy atom. The second kappa shape index (κ2) is 12.0. The minimum absolute atomic E-state index is 0.0180. The smallest absolute Gasteiger partial charge is 0.383 e. The number of aliphatic carboxylic acids is 1. The van der Waals surface area contributed by atoms with Crippen molar-refractivity contribution in [2.75, 3.05) is 6.54 Å². The van der Waals surface area contributed by atoms with Crippen LogP contribution >= 0.6 is 0 Å². The van der Waals surface area contributed by atoms with Gasteiger partial charge < -0.3 is 9.90 Å². The molecular formula is C31H41NO4. The minimum atomic E-state index is -1.23. The van der Waals surface area contributed by atoms with Gasteiger partial charge in [0.15, 0.2) is 0 Å². The molecule has 0 radical (unpaired) electrons. The molecule has 0 spiro atoms. The quantitative estimate of drug-likeness (QED) is 0.352. The van der Waals surface area contributed by atoms with E-state index < -0.39 is 29.1 Å². The summed E-state index contributed by atoms with van der Waals surface area (Å²) in [5.41, 5.74) is 1.42. The number of Topliss-reactive ketones (excluding diaryl/α,β-unsaturated/α-hetero) is 1. The van der Waals surface area contributed by atoms with Gasteiger partial charge in [-0.05, 0) is 36.3 Å². The summed E-state index contributed by atoms with van der Waals surface area (Å²) >= 11 is 0. The molecule has 0 aromatic heterocycles. The van der Waals surface area contributed by atoms with E-state index in [1.807, 2.05) is 48.5 Å². The van der Waals surface area contributed by atoms with E-state index >= 15 is 0 Å². The van der Waals surface area contributed by atoms with E-state index in [4.69, 9.17) is 0 Å². The Hall–Kier alpha value is -2.79. The highest BCUT2D eigenvalue weighted by Gasteiger charge is 2.56. The molecule has 1 aliphatic rings. The van der Waals surface area contributed by atoms with Crippen LogP contribution in [-0.4, -0.2) is 40.8 Å². The molecule has 36 heavy (non-hydrogen) atoms. The molecule has 1 fully saturated rings. The Labute approximate surface area is 216 Å². The van der Waals surface area contributed by atoms with Gasteiger partial charge in [0.05, 0.1) is 18.6 Å². The molecule has 0 N–H and O–H groups in total. The Bertz CT molecular complexity index is 1030. The van der Waals surface area contributed by atoms with Crippen LogP contribution < -0.4 is 5.11 Å². The molecule has 2 aromatic rings. The van der Waals surface area contributed by atoms with Gasteiger partial charge in [-0.3, -0.25) is 4.79 Å². The lowest BCUT2D eigenvalue weighted by Crippen LogP contribution is -2.73. The third-order valence-electron chi connectivity index (χ3n) is 7.83. The number of nitrogens with zero attached hydrogens (tertiary/aromatic N) is 1. The number of carbonyl (C=O) groups is 3. The van der Waals surface area contributed by atoms with Gasteiger partial charge in [0.2, 0.25) is 0 Å². The van der Waals surface area contributed by atoms with Gasteiger partial charge in [0.1, 0.15) is 6.04 Å². The fourth-order valence-corrected chi connectivity index (χ4v) is 5.89. The number of rotatable bonds is 10. The van der Waals surface area contributed by atoms with Crippen molar-refractivity contribution in [2.24, 2.45) is 5.41 Å². The van der Waals surface area contributed by atoms with E-state index in [1.54, 1.807) is 20.8 Å². The molecule has 3 rings (SSSR count). The molecule has 0 bridgehead atoms. The lowest BCUT2D eigenvalue weighted by molar-refractivity contribution is -0.900. The third kappa shape index (κ3) is 6.12. The van der Waals surface area contributed by atoms with Crippen molar-refractivity contribution in [1.29, 1.82) is 0 Å². The van der Waals surface area contributed by atoms with E-state index in [0.717, 1.165) is 24.8 Å². The average Bonchev–Trinajstić information content (AvgIpc) is 2.87. The minimum Gasteiger partial charge on any atom is -0.544 e. The summed E-state index contributed by atoms with van der Waals surface area (Å²) in [6.07, 6.45) is 4.83. The number of hydrogen-bond donors (Lipinski definition) is 0. The topological polar surface area (TPSA) is 74.3 Å². The molecule has 0 saturated carbocycles. The predicted molar refractivity (Wildman–Crippen MR) is 140 cm³/mol. The van der Waals surface area contributed by atoms with E-state index in [1.165, 1.54) is 5.56 Å². The summed E-state index contributed by atoms with van der Waals surface area (Å²) in [4.78, 5) is 40.3. The molecular weight excluding hydrogens is 450 g/mol. The molecule has 2 aromatic carbocycles. The molecule has 1 aliphatic heterocycles. The first-order valence-corrected chi connectivity index (χ1v) is 13.4. The average molecular weight is 492 g/mol. The monoisotopic (exact) mass is 491 g/mol. The van der Waals surface area contributed by atoms with Gasteiger partial charge in [-0.15, -0.1) is 0 Å². The molecule has 5 heteroatoms. The van der Waals surface area contributed by atoms with Crippen molar-refractivity contribution in [3.63, 3.8) is 0 Å². The fraction of sp³-hybridized carbons (Fsp3) is 0.516. The van der Waals surface area contributed by atoms with Crippen molar-refractivity contribution in [3.05, 3.63) is 71.8 Å². The lowest BCUT2D eigenvalue weighted by atomic mass is 9.79. The van der Waals surface area contributed by atoms with E-state index in [0.29, 0.717) is 32.2 Å². The number of quaternary nitrogens is 1. The second-order valence-electron chi connectivity index (χ2n) is 11.3. The number of benzene rings is 2. The molecule has 4 atom stereocenters. The van der Waals surface area contributed by atoms with Gasteiger partial charge in [-0.1, -0.05) is 94.8 Å². The normalized spacial score (nSPS) is 23.1. The Kier molecular flexibility index (Phi) is 9.24. The van der Waals surface area contributed by atoms with Gasteiger partial charge in [-0.2, -0.15) is 0 Å². The highest BCUT2D eigenvalue weighted by atomic mass is 16.4. The number of piperidine rings is 1. The van der Waals surface area contributed by atoms with Crippen molar-refractivity contribution < 1.29 is 24.0 Å². The van der Waals surface area contributed by atoms with Crippen LogP contribution in [0.3, 0.4) is 0 Å². The first-order chi connectivity index (χ1) is 17.1. The van der Waals surface area contributed by atoms with Crippen molar-refractivity contribution in [1.82, 2.24) is 0 Å². The maximum atomic E-state index is 14.1. The maximum Gasteiger partial charge on any atom is 0.383 e. The molecule has 4 unspecified atom stereocenters. The predicted octanol–water partition coefficient (Wildman–Crippen LogP) is 4.83. The van der Waals surface area contributed by atoms with Gasteiger partial charge in [-0.25, -0.2) is 9.28 Å². The summed E-state index contributed by atoms with van der Waals surface area (Å²) in [6, 6.07) is 18.8. The fourth-order valence-electron chi connectivity index (χ4n) is 5.89. The largest absolute Gasteiger partial charge is 0.544 e.